The van der Waals surface area contributed by atoms with Crippen LogP contribution in [-0.2, 0) is 11.4 Å². The molecule has 1 aliphatic rings. The highest BCUT2D eigenvalue weighted by atomic mass is 35.5. The topological polar surface area (TPSA) is 88.4 Å². The Balaban J connectivity index is 1.55. The predicted molar refractivity (Wildman–Crippen MR) is 138 cm³/mol. The molecule has 36 heavy (non-hydrogen) atoms. The van der Waals surface area contributed by atoms with E-state index in [1.54, 1.807) is 49.5 Å². The van der Waals surface area contributed by atoms with Gasteiger partial charge in [0.2, 0.25) is 0 Å². The number of methoxy groups -OCH3 is 1. The molecule has 1 aliphatic heterocycles. The van der Waals surface area contributed by atoms with Crippen LogP contribution in [0, 0.1) is 5.82 Å². The van der Waals surface area contributed by atoms with Crippen molar-refractivity contribution in [1.82, 2.24) is 4.90 Å². The number of carboxylic acids is 1. The van der Waals surface area contributed by atoms with Crippen LogP contribution < -0.4 is 9.47 Å². The number of thioether (sulfide) groups is 1. The lowest BCUT2D eigenvalue weighted by atomic mass is 10.1. The molecule has 184 valence electrons. The van der Waals surface area contributed by atoms with Gasteiger partial charge < -0.3 is 14.6 Å². The van der Waals surface area contributed by atoms with Gasteiger partial charge in [-0.3, -0.25) is 9.69 Å². The Morgan fingerprint density at radius 2 is 1.94 bits per heavy atom. The smallest absolute Gasteiger partial charge is 0.335 e. The number of hydrogen-bond donors (Lipinski definition) is 1. The molecular formula is C26H20ClFN2O5S. The van der Waals surface area contributed by atoms with Crippen LogP contribution in [0.25, 0.3) is 6.08 Å². The molecule has 0 unspecified atom stereocenters. The van der Waals surface area contributed by atoms with Gasteiger partial charge >= 0.3 is 5.97 Å². The van der Waals surface area contributed by atoms with Crippen LogP contribution in [0.15, 0.2) is 70.6 Å². The van der Waals surface area contributed by atoms with E-state index in [-0.39, 0.29) is 28.9 Å². The van der Waals surface area contributed by atoms with Crippen LogP contribution in [0.2, 0.25) is 5.02 Å². The fourth-order valence-corrected chi connectivity index (χ4v) is 4.60. The molecule has 1 amide bonds. The third-order valence-electron chi connectivity index (χ3n) is 5.16. The molecule has 0 saturated carbocycles. The number of carbonyl (C=O) groups is 2. The van der Waals surface area contributed by atoms with E-state index in [0.717, 1.165) is 0 Å². The van der Waals surface area contributed by atoms with E-state index in [1.165, 1.54) is 48.0 Å². The predicted octanol–water partition coefficient (Wildman–Crippen LogP) is 6.00. The zero-order valence-electron chi connectivity index (χ0n) is 19.2. The molecule has 0 spiro atoms. The average Bonchev–Trinajstić information content (AvgIpc) is 3.11. The van der Waals surface area contributed by atoms with Gasteiger partial charge in [0.15, 0.2) is 16.7 Å². The van der Waals surface area contributed by atoms with Crippen LogP contribution in [0.4, 0.5) is 10.1 Å². The van der Waals surface area contributed by atoms with Crippen molar-refractivity contribution in [3.05, 3.63) is 93.1 Å². The van der Waals surface area contributed by atoms with Crippen LogP contribution in [0.1, 0.15) is 21.5 Å². The fraction of sp³-hybridized carbons (Fsp3) is 0.115. The molecule has 4 rings (SSSR count). The number of likely N-dealkylation sites (N-methyl/N-ethyl adjacent to an activating group) is 1. The number of nitrogens with zero attached hydrogens (tertiary/aromatic N) is 2. The van der Waals surface area contributed by atoms with Crippen molar-refractivity contribution >= 4 is 52.2 Å². The first-order chi connectivity index (χ1) is 17.2. The number of carboxylic acid groups (broad SMARTS) is 1. The van der Waals surface area contributed by atoms with Gasteiger partial charge in [-0.2, -0.15) is 0 Å². The first kappa shape index (κ1) is 25.3. The number of amidine groups is 1. The minimum atomic E-state index is -1.03. The van der Waals surface area contributed by atoms with Gasteiger partial charge in [0.25, 0.3) is 5.91 Å². The molecule has 7 nitrogen and oxygen atoms in total. The van der Waals surface area contributed by atoms with E-state index in [4.69, 9.17) is 26.2 Å². The summed E-state index contributed by atoms with van der Waals surface area (Å²) in [6.45, 7) is 0.0979. The summed E-state index contributed by atoms with van der Waals surface area (Å²) >= 11 is 7.64. The van der Waals surface area contributed by atoms with Gasteiger partial charge in [-0.1, -0.05) is 23.7 Å². The Morgan fingerprint density at radius 3 is 2.61 bits per heavy atom. The highest BCUT2D eigenvalue weighted by Gasteiger charge is 2.30. The number of carbonyl (C=O) groups excluding carboxylic acids is 1. The summed E-state index contributed by atoms with van der Waals surface area (Å²) in [5.74, 6) is -0.967. The minimum Gasteiger partial charge on any atom is -0.493 e. The molecule has 0 radical (unpaired) electrons. The molecule has 1 N–H and O–H groups in total. The molecule has 0 aromatic heterocycles. The molecule has 10 heteroatoms. The minimum absolute atomic E-state index is 0.0979. The largest absolute Gasteiger partial charge is 0.493 e. The van der Waals surface area contributed by atoms with Crippen LogP contribution in [0.3, 0.4) is 0 Å². The van der Waals surface area contributed by atoms with E-state index >= 15 is 0 Å². The lowest BCUT2D eigenvalue weighted by Gasteiger charge is -2.13. The number of halogens is 2. The maximum atomic E-state index is 13.4. The number of rotatable bonds is 7. The fourth-order valence-electron chi connectivity index (χ4n) is 3.34. The summed E-state index contributed by atoms with van der Waals surface area (Å²) in [6.07, 6.45) is 1.67. The summed E-state index contributed by atoms with van der Waals surface area (Å²) in [6, 6.07) is 15.4. The molecule has 0 atom stereocenters. The van der Waals surface area contributed by atoms with E-state index in [9.17, 15) is 14.0 Å². The normalized spacial score (nSPS) is 15.6. The molecule has 3 aromatic carbocycles. The first-order valence-corrected chi connectivity index (χ1v) is 11.8. The third-order valence-corrected chi connectivity index (χ3v) is 6.51. The average molecular weight is 527 g/mol. The van der Waals surface area contributed by atoms with Gasteiger partial charge in [0, 0.05) is 7.05 Å². The Hall–Kier alpha value is -3.82. The summed E-state index contributed by atoms with van der Waals surface area (Å²) < 4.78 is 24.7. The molecule has 3 aromatic rings. The lowest BCUT2D eigenvalue weighted by molar-refractivity contribution is -0.121. The highest BCUT2D eigenvalue weighted by Crippen LogP contribution is 2.39. The second-order valence-electron chi connectivity index (χ2n) is 7.67. The van der Waals surface area contributed by atoms with Crippen LogP contribution in [0.5, 0.6) is 11.5 Å². The lowest BCUT2D eigenvalue weighted by Crippen LogP contribution is -2.23. The quantitative estimate of drug-likeness (QED) is 0.380. The van der Waals surface area contributed by atoms with Crippen molar-refractivity contribution in [2.24, 2.45) is 4.99 Å². The molecule has 0 aliphatic carbocycles. The molecule has 1 fully saturated rings. The number of ether oxygens (including phenoxy) is 2. The maximum absolute atomic E-state index is 13.4. The van der Waals surface area contributed by atoms with Crippen molar-refractivity contribution in [3.63, 3.8) is 0 Å². The second kappa shape index (κ2) is 10.8. The van der Waals surface area contributed by atoms with Gasteiger partial charge in [-0.25, -0.2) is 14.2 Å². The van der Waals surface area contributed by atoms with E-state index in [0.29, 0.717) is 38.4 Å². The second-order valence-corrected chi connectivity index (χ2v) is 9.09. The maximum Gasteiger partial charge on any atom is 0.335 e. The van der Waals surface area contributed by atoms with E-state index in [1.807, 2.05) is 0 Å². The molecular weight excluding hydrogens is 507 g/mol. The van der Waals surface area contributed by atoms with Crippen molar-refractivity contribution < 1.29 is 28.6 Å². The van der Waals surface area contributed by atoms with Crippen LogP contribution >= 0.6 is 23.4 Å². The van der Waals surface area contributed by atoms with Crippen LogP contribution in [-0.4, -0.2) is 41.2 Å². The first-order valence-electron chi connectivity index (χ1n) is 10.6. The molecule has 1 saturated heterocycles. The zero-order chi connectivity index (χ0) is 25.8. The van der Waals surface area contributed by atoms with Gasteiger partial charge in [0.05, 0.1) is 28.3 Å². The van der Waals surface area contributed by atoms with E-state index in [2.05, 4.69) is 4.99 Å². The standard InChI is InChI=1S/C26H20ClFN2O5S/c1-30-24(31)22(36-26(30)29-19-8-6-17(7-9-19)25(32)33)13-16-11-20(27)23(21(12-16)34-2)35-14-15-4-3-5-18(28)10-15/h3-13H,14H2,1-2H3,(H,32,33). The van der Waals surface area contributed by atoms with Crippen molar-refractivity contribution in [3.8, 4) is 11.5 Å². The zero-order valence-corrected chi connectivity index (χ0v) is 20.8. The van der Waals surface area contributed by atoms with E-state index < -0.39 is 5.97 Å². The molecule has 0 bridgehead atoms. The Morgan fingerprint density at radius 1 is 1.19 bits per heavy atom. The Labute approximate surface area is 215 Å². The van der Waals surface area contributed by atoms with Gasteiger partial charge in [-0.05, 0) is 77.5 Å². The number of aromatic carboxylic acids is 1. The summed E-state index contributed by atoms with van der Waals surface area (Å²) in [5, 5.41) is 9.76. The number of benzene rings is 3. The van der Waals surface area contributed by atoms with Crippen molar-refractivity contribution in [1.29, 1.82) is 0 Å². The summed E-state index contributed by atoms with van der Waals surface area (Å²) in [5.41, 5.74) is 1.93. The van der Waals surface area contributed by atoms with Gasteiger partial charge in [0.1, 0.15) is 12.4 Å². The van der Waals surface area contributed by atoms with Crippen molar-refractivity contribution in [2.75, 3.05) is 14.2 Å². The monoisotopic (exact) mass is 526 g/mol. The number of aliphatic imine (C=N–C) groups is 1. The summed E-state index contributed by atoms with van der Waals surface area (Å²) in [4.78, 5) is 30.1. The number of hydrogen-bond acceptors (Lipinski definition) is 6. The Kier molecular flexibility index (Phi) is 7.61. The molecule has 1 heterocycles. The Bertz CT molecular complexity index is 1390. The third kappa shape index (κ3) is 5.69. The SMILES string of the molecule is COc1cc(C=C2SC(=Nc3ccc(C(=O)O)cc3)N(C)C2=O)cc(Cl)c1OCc1cccc(F)c1. The van der Waals surface area contributed by atoms with Gasteiger partial charge in [-0.15, -0.1) is 0 Å². The highest BCUT2D eigenvalue weighted by molar-refractivity contribution is 8.18. The van der Waals surface area contributed by atoms with Crippen molar-refractivity contribution in [2.45, 2.75) is 6.61 Å². The summed E-state index contributed by atoms with van der Waals surface area (Å²) in [7, 11) is 3.08. The number of amides is 1.